The fourth-order valence-corrected chi connectivity index (χ4v) is 3.12. The molecule has 1 saturated heterocycles. The summed E-state index contributed by atoms with van der Waals surface area (Å²) in [7, 11) is 0. The van der Waals surface area contributed by atoms with E-state index in [2.05, 4.69) is 32.0 Å². The number of aryl methyl sites for hydroxylation is 1. The molecule has 6 nitrogen and oxygen atoms in total. The minimum absolute atomic E-state index is 0.257. The van der Waals surface area contributed by atoms with Crippen molar-refractivity contribution in [3.63, 3.8) is 0 Å². The summed E-state index contributed by atoms with van der Waals surface area (Å²) in [4.78, 5) is 20.0. The van der Waals surface area contributed by atoms with E-state index in [4.69, 9.17) is 4.98 Å². The van der Waals surface area contributed by atoms with Crippen molar-refractivity contribution in [3.05, 3.63) is 60.7 Å². The molecule has 0 aliphatic carbocycles. The molecule has 0 spiro atoms. The summed E-state index contributed by atoms with van der Waals surface area (Å²) in [5.41, 5.74) is 1.07. The van der Waals surface area contributed by atoms with Crippen molar-refractivity contribution < 1.29 is 0 Å². The minimum atomic E-state index is 0.257. The zero-order valence-corrected chi connectivity index (χ0v) is 13.0. The topological polar surface area (TPSA) is 59.7 Å². The number of nitrogens with zero attached hydrogens (tertiary/aromatic N) is 6. The van der Waals surface area contributed by atoms with Crippen molar-refractivity contribution in [1.29, 1.82) is 0 Å². The summed E-state index contributed by atoms with van der Waals surface area (Å²) in [6.45, 7) is 2.92. The van der Waals surface area contributed by atoms with Crippen LogP contribution < -0.4 is 4.90 Å². The van der Waals surface area contributed by atoms with Gasteiger partial charge in [-0.15, -0.1) is 0 Å². The van der Waals surface area contributed by atoms with E-state index in [1.165, 1.54) is 0 Å². The summed E-state index contributed by atoms with van der Waals surface area (Å²) in [5.74, 6) is 2.67. The molecule has 0 saturated carbocycles. The molecule has 4 rings (SSSR count). The van der Waals surface area contributed by atoms with Gasteiger partial charge in [-0.2, -0.15) is 0 Å². The summed E-state index contributed by atoms with van der Waals surface area (Å²) >= 11 is 0. The normalized spacial score (nSPS) is 17.6. The number of anilines is 1. The highest BCUT2D eigenvalue weighted by molar-refractivity contribution is 5.43. The molecule has 23 heavy (non-hydrogen) atoms. The van der Waals surface area contributed by atoms with Crippen LogP contribution >= 0.6 is 0 Å². The first-order chi connectivity index (χ1) is 11.3. The van der Waals surface area contributed by atoms with Crippen LogP contribution in [0, 0.1) is 6.92 Å². The van der Waals surface area contributed by atoms with Gasteiger partial charge in [-0.25, -0.2) is 19.9 Å². The van der Waals surface area contributed by atoms with Gasteiger partial charge in [0.05, 0.1) is 11.7 Å². The van der Waals surface area contributed by atoms with Gasteiger partial charge >= 0.3 is 0 Å². The zero-order valence-electron chi connectivity index (χ0n) is 13.0. The predicted molar refractivity (Wildman–Crippen MR) is 87.4 cm³/mol. The Morgan fingerprint density at radius 3 is 2.87 bits per heavy atom. The molecule has 3 aromatic heterocycles. The second kappa shape index (κ2) is 5.79. The van der Waals surface area contributed by atoms with Gasteiger partial charge in [0.15, 0.2) is 0 Å². The molecular weight excluding hydrogens is 288 g/mol. The molecule has 6 heteroatoms. The Kier molecular flexibility index (Phi) is 3.49. The fraction of sp³-hybridized carbons (Fsp3) is 0.294. The number of pyridine rings is 1. The Bertz CT molecular complexity index is 798. The molecule has 116 valence electrons. The van der Waals surface area contributed by atoms with Gasteiger partial charge in [0, 0.05) is 25.1 Å². The third-order valence-electron chi connectivity index (χ3n) is 4.17. The molecule has 0 N–H and O–H groups in total. The highest BCUT2D eigenvalue weighted by Gasteiger charge is 2.28. The van der Waals surface area contributed by atoms with Crippen molar-refractivity contribution in [3.8, 4) is 5.82 Å². The number of imidazole rings is 1. The van der Waals surface area contributed by atoms with Crippen LogP contribution in [-0.4, -0.2) is 31.0 Å². The first-order valence-corrected chi connectivity index (χ1v) is 7.83. The van der Waals surface area contributed by atoms with Gasteiger partial charge in [0.2, 0.25) is 0 Å². The minimum Gasteiger partial charge on any atom is -0.348 e. The van der Waals surface area contributed by atoms with Crippen LogP contribution in [0.3, 0.4) is 0 Å². The second-order valence-corrected chi connectivity index (χ2v) is 5.70. The van der Waals surface area contributed by atoms with Gasteiger partial charge in [-0.3, -0.25) is 4.57 Å². The SMILES string of the molecule is Cc1nccc(N2CCCC2c2cccc(-n3ccnc3)n2)n1. The standard InChI is InChI=1S/C17H18N6/c1-13-19-8-7-17(20-13)23-10-3-5-15(23)14-4-2-6-16(21-14)22-11-9-18-12-22/h2,4,6-9,11-12,15H,3,5,10H2,1H3. The number of hydrogen-bond donors (Lipinski definition) is 0. The van der Waals surface area contributed by atoms with Crippen LogP contribution in [0.15, 0.2) is 49.2 Å². The lowest BCUT2D eigenvalue weighted by Crippen LogP contribution is -2.24. The van der Waals surface area contributed by atoms with Crippen molar-refractivity contribution >= 4 is 5.82 Å². The van der Waals surface area contributed by atoms with Crippen LogP contribution in [0.25, 0.3) is 5.82 Å². The van der Waals surface area contributed by atoms with E-state index in [1.54, 1.807) is 12.5 Å². The molecule has 1 unspecified atom stereocenters. The second-order valence-electron chi connectivity index (χ2n) is 5.70. The molecule has 3 aromatic rings. The summed E-state index contributed by atoms with van der Waals surface area (Å²) < 4.78 is 1.93. The van der Waals surface area contributed by atoms with Crippen LogP contribution in [0.1, 0.15) is 30.4 Å². The number of aromatic nitrogens is 5. The van der Waals surface area contributed by atoms with E-state index < -0.39 is 0 Å². The molecule has 0 radical (unpaired) electrons. The number of hydrogen-bond acceptors (Lipinski definition) is 5. The molecule has 1 aliphatic rings. The molecule has 0 aromatic carbocycles. The van der Waals surface area contributed by atoms with Gasteiger partial charge in [0.25, 0.3) is 0 Å². The quantitative estimate of drug-likeness (QED) is 0.744. The van der Waals surface area contributed by atoms with Crippen LogP contribution in [0.4, 0.5) is 5.82 Å². The van der Waals surface area contributed by atoms with Gasteiger partial charge in [0.1, 0.15) is 23.8 Å². The van der Waals surface area contributed by atoms with E-state index in [0.717, 1.165) is 42.5 Å². The summed E-state index contributed by atoms with van der Waals surface area (Å²) in [5, 5.41) is 0. The van der Waals surface area contributed by atoms with E-state index in [0.29, 0.717) is 0 Å². The lowest BCUT2D eigenvalue weighted by Gasteiger charge is -2.25. The van der Waals surface area contributed by atoms with Crippen LogP contribution in [0.5, 0.6) is 0 Å². The maximum absolute atomic E-state index is 4.83. The van der Waals surface area contributed by atoms with Crippen molar-refractivity contribution in [2.24, 2.45) is 0 Å². The van der Waals surface area contributed by atoms with Gasteiger partial charge in [-0.1, -0.05) is 6.07 Å². The highest BCUT2D eigenvalue weighted by Crippen LogP contribution is 2.34. The molecule has 0 bridgehead atoms. The fourth-order valence-electron chi connectivity index (χ4n) is 3.12. The van der Waals surface area contributed by atoms with Crippen molar-refractivity contribution in [2.45, 2.75) is 25.8 Å². The van der Waals surface area contributed by atoms with E-state index in [-0.39, 0.29) is 6.04 Å². The molecule has 1 fully saturated rings. The van der Waals surface area contributed by atoms with Crippen molar-refractivity contribution in [2.75, 3.05) is 11.4 Å². The van der Waals surface area contributed by atoms with Crippen molar-refractivity contribution in [1.82, 2.24) is 24.5 Å². The third-order valence-corrected chi connectivity index (χ3v) is 4.17. The summed E-state index contributed by atoms with van der Waals surface area (Å²) in [6.07, 6.45) is 9.50. The average Bonchev–Trinajstić information content (AvgIpc) is 3.27. The van der Waals surface area contributed by atoms with E-state index in [9.17, 15) is 0 Å². The molecule has 1 atom stereocenters. The Morgan fingerprint density at radius 1 is 1.09 bits per heavy atom. The zero-order chi connectivity index (χ0) is 15.6. The molecule has 4 heterocycles. The molecule has 0 amide bonds. The predicted octanol–water partition coefficient (Wildman–Crippen LogP) is 2.71. The lowest BCUT2D eigenvalue weighted by atomic mass is 10.1. The number of rotatable bonds is 3. The smallest absolute Gasteiger partial charge is 0.138 e. The third kappa shape index (κ3) is 2.67. The maximum atomic E-state index is 4.83. The Balaban J connectivity index is 1.68. The largest absolute Gasteiger partial charge is 0.348 e. The summed E-state index contributed by atoms with van der Waals surface area (Å²) in [6, 6.07) is 8.38. The first-order valence-electron chi connectivity index (χ1n) is 7.83. The van der Waals surface area contributed by atoms with E-state index in [1.807, 2.05) is 36.0 Å². The van der Waals surface area contributed by atoms with E-state index >= 15 is 0 Å². The maximum Gasteiger partial charge on any atom is 0.138 e. The Morgan fingerprint density at radius 2 is 2.04 bits per heavy atom. The highest BCUT2D eigenvalue weighted by atomic mass is 15.2. The van der Waals surface area contributed by atoms with Crippen LogP contribution in [-0.2, 0) is 0 Å². The average molecular weight is 306 g/mol. The first kappa shape index (κ1) is 13.9. The lowest BCUT2D eigenvalue weighted by molar-refractivity contribution is 0.682. The Labute approximate surface area is 134 Å². The van der Waals surface area contributed by atoms with Gasteiger partial charge in [-0.05, 0) is 38.0 Å². The van der Waals surface area contributed by atoms with Crippen LogP contribution in [0.2, 0.25) is 0 Å². The Hall–Kier alpha value is -2.76. The molecular formula is C17H18N6. The molecule has 1 aliphatic heterocycles. The van der Waals surface area contributed by atoms with Gasteiger partial charge < -0.3 is 4.90 Å². The monoisotopic (exact) mass is 306 g/mol.